The number of amides is 2. The van der Waals surface area contributed by atoms with Gasteiger partial charge in [0.1, 0.15) is 17.2 Å². The zero-order chi connectivity index (χ0) is 24.6. The molecule has 0 bridgehead atoms. The largest absolute Gasteiger partial charge is 0.494 e. The maximum Gasteiger partial charge on any atom is 0.267 e. The van der Waals surface area contributed by atoms with E-state index in [0.29, 0.717) is 36.0 Å². The Labute approximate surface area is 205 Å². The van der Waals surface area contributed by atoms with Crippen molar-refractivity contribution in [3.8, 4) is 17.2 Å². The van der Waals surface area contributed by atoms with Crippen LogP contribution in [0.1, 0.15) is 25.8 Å². The molecule has 0 saturated carbocycles. The second kappa shape index (κ2) is 11.4. The summed E-state index contributed by atoms with van der Waals surface area (Å²) in [7, 11) is 0. The number of nitrogens with zero attached hydrogens (tertiary/aromatic N) is 1. The van der Waals surface area contributed by atoms with E-state index in [1.807, 2.05) is 25.1 Å². The summed E-state index contributed by atoms with van der Waals surface area (Å²) in [6.07, 6.45) is 1.13. The molecule has 2 amide bonds. The molecule has 0 fully saturated rings. The minimum Gasteiger partial charge on any atom is -0.494 e. The molecule has 1 aliphatic rings. The fraction of sp³-hybridized carbons (Fsp3) is 0.286. The highest BCUT2D eigenvalue weighted by Crippen LogP contribution is 2.36. The van der Waals surface area contributed by atoms with Crippen molar-refractivity contribution in [1.82, 2.24) is 0 Å². The fourth-order valence-corrected chi connectivity index (χ4v) is 3.95. The number of aryl methyl sites for hydroxylation is 1. The Morgan fingerprint density at radius 2 is 1.71 bits per heavy atom. The number of carbonyl (C=O) groups is 2. The van der Waals surface area contributed by atoms with E-state index in [2.05, 4.69) is 17.4 Å². The third kappa shape index (κ3) is 6.32. The number of fused-ring (bicyclic) bond motifs is 1. The summed E-state index contributed by atoms with van der Waals surface area (Å²) in [6.45, 7) is 4.68. The van der Waals surface area contributed by atoms with Crippen LogP contribution in [-0.2, 0) is 16.0 Å². The summed E-state index contributed by atoms with van der Waals surface area (Å²) in [5.74, 6) is 1.56. The Kier molecular flexibility index (Phi) is 7.88. The van der Waals surface area contributed by atoms with Crippen LogP contribution in [0.25, 0.3) is 0 Å². The summed E-state index contributed by atoms with van der Waals surface area (Å²) in [4.78, 5) is 27.1. The number of hydrogen-bond acceptors (Lipinski definition) is 5. The maximum absolute atomic E-state index is 12.9. The van der Waals surface area contributed by atoms with Crippen LogP contribution in [0.4, 0.5) is 11.4 Å². The number of benzene rings is 3. The van der Waals surface area contributed by atoms with E-state index < -0.39 is 6.10 Å². The summed E-state index contributed by atoms with van der Waals surface area (Å²) in [5, 5.41) is 2.84. The molecule has 1 unspecified atom stereocenters. The molecule has 0 radical (unpaired) electrons. The van der Waals surface area contributed by atoms with Crippen LogP contribution in [0.15, 0.2) is 72.8 Å². The average Bonchev–Trinajstić information content (AvgIpc) is 2.87. The third-order valence-corrected chi connectivity index (χ3v) is 5.65. The molecule has 1 N–H and O–H groups in total. The molecule has 7 nitrogen and oxygen atoms in total. The van der Waals surface area contributed by atoms with Crippen LogP contribution in [0.2, 0.25) is 0 Å². The van der Waals surface area contributed by atoms with Crippen LogP contribution in [0.3, 0.4) is 0 Å². The van der Waals surface area contributed by atoms with Crippen molar-refractivity contribution in [3.63, 3.8) is 0 Å². The van der Waals surface area contributed by atoms with E-state index in [-0.39, 0.29) is 18.4 Å². The van der Waals surface area contributed by atoms with E-state index in [0.717, 1.165) is 18.6 Å². The summed E-state index contributed by atoms with van der Waals surface area (Å²) in [5.41, 5.74) is 2.46. The van der Waals surface area contributed by atoms with Crippen LogP contribution < -0.4 is 24.4 Å². The molecule has 1 heterocycles. The number of anilines is 2. The van der Waals surface area contributed by atoms with E-state index in [9.17, 15) is 9.59 Å². The van der Waals surface area contributed by atoms with Gasteiger partial charge in [0.15, 0.2) is 12.7 Å². The van der Waals surface area contributed by atoms with Gasteiger partial charge < -0.3 is 24.4 Å². The van der Waals surface area contributed by atoms with Gasteiger partial charge in [0.25, 0.3) is 11.8 Å². The molecule has 1 atom stereocenters. The Balaban J connectivity index is 1.38. The molecule has 7 heteroatoms. The second-order valence-corrected chi connectivity index (χ2v) is 8.26. The molecular formula is C28H30N2O5. The number of ether oxygens (including phenoxy) is 3. The van der Waals surface area contributed by atoms with Gasteiger partial charge in [0.05, 0.1) is 12.3 Å². The topological polar surface area (TPSA) is 77.1 Å². The summed E-state index contributed by atoms with van der Waals surface area (Å²) < 4.78 is 16.8. The number of rotatable bonds is 10. The molecular weight excluding hydrogens is 444 g/mol. The van der Waals surface area contributed by atoms with Gasteiger partial charge in [-0.15, -0.1) is 0 Å². The van der Waals surface area contributed by atoms with E-state index in [4.69, 9.17) is 14.2 Å². The summed E-state index contributed by atoms with van der Waals surface area (Å²) >= 11 is 0. The SMILES string of the molecule is CCOc1ccc(OCC(=O)Nc2ccc3c(c2)N(CCCc2ccccc2)C(=O)C(C)O3)cc1. The molecule has 0 spiro atoms. The van der Waals surface area contributed by atoms with Crippen LogP contribution >= 0.6 is 0 Å². The lowest BCUT2D eigenvalue weighted by Gasteiger charge is -2.33. The smallest absolute Gasteiger partial charge is 0.267 e. The Hall–Kier alpha value is -4.00. The van der Waals surface area contributed by atoms with E-state index >= 15 is 0 Å². The third-order valence-electron chi connectivity index (χ3n) is 5.65. The summed E-state index contributed by atoms with van der Waals surface area (Å²) in [6, 6.07) is 22.6. The van der Waals surface area contributed by atoms with Crippen molar-refractivity contribution in [2.45, 2.75) is 32.8 Å². The first-order valence-corrected chi connectivity index (χ1v) is 11.8. The number of carbonyl (C=O) groups excluding carboxylic acids is 2. The highest BCUT2D eigenvalue weighted by Gasteiger charge is 2.31. The normalized spacial score (nSPS) is 14.6. The van der Waals surface area contributed by atoms with Gasteiger partial charge in [-0.05, 0) is 74.7 Å². The zero-order valence-electron chi connectivity index (χ0n) is 20.0. The van der Waals surface area contributed by atoms with Crippen molar-refractivity contribution in [2.75, 3.05) is 30.0 Å². The number of nitrogens with one attached hydrogen (secondary N) is 1. The molecule has 3 aromatic carbocycles. The minimum absolute atomic E-state index is 0.0899. The molecule has 0 saturated heterocycles. The molecule has 35 heavy (non-hydrogen) atoms. The molecule has 3 aromatic rings. The van der Waals surface area contributed by atoms with Crippen molar-refractivity contribution >= 4 is 23.2 Å². The van der Waals surface area contributed by atoms with Gasteiger partial charge in [-0.1, -0.05) is 30.3 Å². The van der Waals surface area contributed by atoms with Crippen molar-refractivity contribution in [3.05, 3.63) is 78.4 Å². The first-order valence-electron chi connectivity index (χ1n) is 11.8. The lowest BCUT2D eigenvalue weighted by Crippen LogP contribution is -2.45. The van der Waals surface area contributed by atoms with Gasteiger partial charge in [0, 0.05) is 12.2 Å². The average molecular weight is 475 g/mol. The van der Waals surface area contributed by atoms with E-state index in [1.54, 1.807) is 54.3 Å². The molecule has 4 rings (SSSR count). The lowest BCUT2D eigenvalue weighted by molar-refractivity contribution is -0.125. The van der Waals surface area contributed by atoms with Crippen molar-refractivity contribution in [2.24, 2.45) is 0 Å². The minimum atomic E-state index is -0.554. The predicted octanol–water partition coefficient (Wildman–Crippen LogP) is 4.85. The van der Waals surface area contributed by atoms with Gasteiger partial charge in [0.2, 0.25) is 0 Å². The Morgan fingerprint density at radius 1 is 1.00 bits per heavy atom. The number of hydrogen-bond donors (Lipinski definition) is 1. The highest BCUT2D eigenvalue weighted by molar-refractivity contribution is 6.01. The zero-order valence-corrected chi connectivity index (χ0v) is 20.0. The fourth-order valence-electron chi connectivity index (χ4n) is 3.95. The van der Waals surface area contributed by atoms with Crippen molar-refractivity contribution < 1.29 is 23.8 Å². The molecule has 182 valence electrons. The maximum atomic E-state index is 12.9. The quantitative estimate of drug-likeness (QED) is 0.455. The van der Waals surface area contributed by atoms with Crippen LogP contribution in [-0.4, -0.2) is 37.7 Å². The Morgan fingerprint density at radius 3 is 2.43 bits per heavy atom. The standard InChI is InChI=1S/C28H30N2O5/c1-3-33-23-12-14-24(15-13-23)34-19-27(31)29-22-11-16-26-25(18-22)30(28(32)20(2)35-26)17-7-10-21-8-5-4-6-9-21/h4-6,8-9,11-16,18,20H,3,7,10,17,19H2,1-2H3,(H,29,31). The van der Waals surface area contributed by atoms with Gasteiger partial charge in [-0.2, -0.15) is 0 Å². The molecule has 1 aliphatic heterocycles. The molecule has 0 aromatic heterocycles. The van der Waals surface area contributed by atoms with E-state index in [1.165, 1.54) is 5.56 Å². The first-order chi connectivity index (χ1) is 17.0. The van der Waals surface area contributed by atoms with Crippen LogP contribution in [0, 0.1) is 0 Å². The monoisotopic (exact) mass is 474 g/mol. The van der Waals surface area contributed by atoms with Crippen molar-refractivity contribution in [1.29, 1.82) is 0 Å². The van der Waals surface area contributed by atoms with Gasteiger partial charge in [-0.3, -0.25) is 9.59 Å². The van der Waals surface area contributed by atoms with Gasteiger partial charge >= 0.3 is 0 Å². The molecule has 0 aliphatic carbocycles. The first kappa shape index (κ1) is 24.1. The second-order valence-electron chi connectivity index (χ2n) is 8.26. The van der Waals surface area contributed by atoms with Crippen LogP contribution in [0.5, 0.6) is 17.2 Å². The predicted molar refractivity (Wildman–Crippen MR) is 135 cm³/mol. The highest BCUT2D eigenvalue weighted by atomic mass is 16.5. The van der Waals surface area contributed by atoms with Gasteiger partial charge in [-0.25, -0.2) is 0 Å². The Bertz CT molecular complexity index is 1150. The lowest BCUT2D eigenvalue weighted by atomic mass is 10.1.